The summed E-state index contributed by atoms with van der Waals surface area (Å²) in [5, 5.41) is 3.54. The van der Waals surface area contributed by atoms with Crippen molar-refractivity contribution in [2.24, 2.45) is 11.7 Å². The molecular weight excluding hydrogens is 271 g/mol. The zero-order chi connectivity index (χ0) is 13.2. The van der Waals surface area contributed by atoms with Gasteiger partial charge in [-0.1, -0.05) is 25.4 Å². The van der Waals surface area contributed by atoms with Crippen molar-refractivity contribution in [1.29, 1.82) is 0 Å². The van der Waals surface area contributed by atoms with Gasteiger partial charge in [-0.2, -0.15) is 0 Å². The third kappa shape index (κ3) is 4.16. The smallest absolute Gasteiger partial charge is 0.241 e. The molecule has 0 saturated heterocycles. The van der Waals surface area contributed by atoms with Gasteiger partial charge in [0.1, 0.15) is 0 Å². The normalized spacial score (nSPS) is 11.9. The van der Waals surface area contributed by atoms with E-state index in [1.807, 2.05) is 39.8 Å². The van der Waals surface area contributed by atoms with Gasteiger partial charge in [-0.05, 0) is 43.0 Å². The molecule has 0 radical (unpaired) electrons. The standard InChI is InChI=1S/C13H19ClN2O.ClH/c1-7(2)11(15)13(17)16-12-8(3)5-10(14)6-9(12)4;/h5-7,11H,15H2,1-4H3,(H,16,17);1H/t11-;/m0./s1. The number of hydrogen-bond donors (Lipinski definition) is 2. The van der Waals surface area contributed by atoms with Gasteiger partial charge in [-0.3, -0.25) is 4.79 Å². The molecule has 0 aromatic heterocycles. The first-order chi connectivity index (χ1) is 7.82. The summed E-state index contributed by atoms with van der Waals surface area (Å²) in [6.07, 6.45) is 0. The second-order valence-electron chi connectivity index (χ2n) is 4.67. The van der Waals surface area contributed by atoms with Crippen molar-refractivity contribution in [3.63, 3.8) is 0 Å². The van der Waals surface area contributed by atoms with Gasteiger partial charge in [0.05, 0.1) is 6.04 Å². The van der Waals surface area contributed by atoms with Crippen LogP contribution in [-0.2, 0) is 4.79 Å². The summed E-state index contributed by atoms with van der Waals surface area (Å²) in [4.78, 5) is 11.9. The number of amides is 1. The van der Waals surface area contributed by atoms with Crippen molar-refractivity contribution in [2.75, 3.05) is 5.32 Å². The van der Waals surface area contributed by atoms with Crippen LogP contribution in [0.1, 0.15) is 25.0 Å². The topological polar surface area (TPSA) is 55.1 Å². The zero-order valence-corrected chi connectivity index (χ0v) is 12.7. The van der Waals surface area contributed by atoms with Crippen LogP contribution in [0.15, 0.2) is 12.1 Å². The summed E-state index contributed by atoms with van der Waals surface area (Å²) in [6.45, 7) is 7.67. The lowest BCUT2D eigenvalue weighted by Gasteiger charge is -2.18. The molecule has 3 N–H and O–H groups in total. The first-order valence-corrected chi connectivity index (χ1v) is 6.04. The van der Waals surface area contributed by atoms with Crippen molar-refractivity contribution in [3.05, 3.63) is 28.3 Å². The van der Waals surface area contributed by atoms with E-state index in [9.17, 15) is 4.79 Å². The Morgan fingerprint density at radius 3 is 2.11 bits per heavy atom. The van der Waals surface area contributed by atoms with Crippen molar-refractivity contribution in [2.45, 2.75) is 33.7 Å². The maximum atomic E-state index is 11.9. The predicted octanol–water partition coefficient (Wildman–Crippen LogP) is 3.30. The fourth-order valence-corrected chi connectivity index (χ4v) is 1.94. The SMILES string of the molecule is Cc1cc(Cl)cc(C)c1NC(=O)[C@@H](N)C(C)C.Cl. The zero-order valence-electron chi connectivity index (χ0n) is 11.1. The highest BCUT2D eigenvalue weighted by Gasteiger charge is 2.18. The average Bonchev–Trinajstić information content (AvgIpc) is 2.21. The summed E-state index contributed by atoms with van der Waals surface area (Å²) in [7, 11) is 0. The Morgan fingerprint density at radius 2 is 1.72 bits per heavy atom. The largest absolute Gasteiger partial charge is 0.324 e. The number of nitrogens with one attached hydrogen (secondary N) is 1. The fourth-order valence-electron chi connectivity index (χ4n) is 1.62. The molecule has 18 heavy (non-hydrogen) atoms. The first kappa shape index (κ1) is 17.2. The maximum Gasteiger partial charge on any atom is 0.241 e. The molecule has 1 amide bonds. The lowest BCUT2D eigenvalue weighted by molar-refractivity contribution is -0.118. The van der Waals surface area contributed by atoms with Crippen LogP contribution < -0.4 is 11.1 Å². The number of carbonyl (C=O) groups is 1. The highest BCUT2D eigenvalue weighted by atomic mass is 35.5. The van der Waals surface area contributed by atoms with Gasteiger partial charge in [0.15, 0.2) is 0 Å². The molecule has 1 aromatic carbocycles. The molecule has 5 heteroatoms. The Balaban J connectivity index is 0.00000289. The number of benzene rings is 1. The number of hydrogen-bond acceptors (Lipinski definition) is 2. The van der Waals surface area contributed by atoms with Crippen molar-refractivity contribution < 1.29 is 4.79 Å². The molecular formula is C13H20Cl2N2O. The van der Waals surface area contributed by atoms with E-state index in [-0.39, 0.29) is 24.2 Å². The number of aryl methyl sites for hydroxylation is 2. The van der Waals surface area contributed by atoms with E-state index in [1.165, 1.54) is 0 Å². The van der Waals surface area contributed by atoms with Crippen LogP contribution in [-0.4, -0.2) is 11.9 Å². The van der Waals surface area contributed by atoms with E-state index >= 15 is 0 Å². The molecule has 1 atom stereocenters. The Morgan fingerprint density at radius 1 is 1.28 bits per heavy atom. The van der Waals surface area contributed by atoms with Crippen LogP contribution in [0, 0.1) is 19.8 Å². The van der Waals surface area contributed by atoms with Gasteiger partial charge in [-0.25, -0.2) is 0 Å². The summed E-state index contributed by atoms with van der Waals surface area (Å²) in [5.41, 5.74) is 8.49. The molecule has 0 aliphatic heterocycles. The number of carbonyl (C=O) groups excluding carboxylic acids is 1. The predicted molar refractivity (Wildman–Crippen MR) is 79.6 cm³/mol. The van der Waals surface area contributed by atoms with Crippen LogP contribution in [0.4, 0.5) is 5.69 Å². The molecule has 1 aromatic rings. The molecule has 0 aliphatic rings. The lowest BCUT2D eigenvalue weighted by atomic mass is 10.0. The molecule has 102 valence electrons. The van der Waals surface area contributed by atoms with Crippen molar-refractivity contribution in [1.82, 2.24) is 0 Å². The van der Waals surface area contributed by atoms with E-state index in [4.69, 9.17) is 17.3 Å². The summed E-state index contributed by atoms with van der Waals surface area (Å²) in [5.74, 6) is -0.0450. The van der Waals surface area contributed by atoms with E-state index in [2.05, 4.69) is 5.32 Å². The molecule has 0 bridgehead atoms. The van der Waals surface area contributed by atoms with Crippen LogP contribution in [0.5, 0.6) is 0 Å². The van der Waals surface area contributed by atoms with Gasteiger partial charge in [-0.15, -0.1) is 12.4 Å². The second-order valence-corrected chi connectivity index (χ2v) is 5.11. The molecule has 0 unspecified atom stereocenters. The van der Waals surface area contributed by atoms with E-state index in [1.54, 1.807) is 0 Å². The number of rotatable bonds is 3. The van der Waals surface area contributed by atoms with Gasteiger partial charge < -0.3 is 11.1 Å². The molecule has 1 rings (SSSR count). The third-order valence-corrected chi connectivity index (χ3v) is 2.98. The van der Waals surface area contributed by atoms with E-state index in [0.29, 0.717) is 5.02 Å². The van der Waals surface area contributed by atoms with Gasteiger partial charge in [0.25, 0.3) is 0 Å². The number of halogens is 2. The average molecular weight is 291 g/mol. The van der Waals surface area contributed by atoms with Crippen LogP contribution in [0.25, 0.3) is 0 Å². The van der Waals surface area contributed by atoms with Gasteiger partial charge >= 0.3 is 0 Å². The van der Waals surface area contributed by atoms with Gasteiger partial charge in [0.2, 0.25) is 5.91 Å². The second kappa shape index (κ2) is 6.98. The van der Waals surface area contributed by atoms with Crippen LogP contribution in [0.2, 0.25) is 5.02 Å². The summed E-state index contributed by atoms with van der Waals surface area (Å²) < 4.78 is 0. The minimum absolute atomic E-state index is 0. The van der Waals surface area contributed by atoms with Crippen molar-refractivity contribution in [3.8, 4) is 0 Å². The third-order valence-electron chi connectivity index (χ3n) is 2.77. The monoisotopic (exact) mass is 290 g/mol. The Labute approximate surface area is 119 Å². The lowest BCUT2D eigenvalue weighted by Crippen LogP contribution is -2.40. The first-order valence-electron chi connectivity index (χ1n) is 5.66. The molecule has 0 spiro atoms. The highest BCUT2D eigenvalue weighted by Crippen LogP contribution is 2.25. The molecule has 3 nitrogen and oxygen atoms in total. The minimum Gasteiger partial charge on any atom is -0.324 e. The van der Waals surface area contributed by atoms with Crippen LogP contribution >= 0.6 is 24.0 Å². The maximum absolute atomic E-state index is 11.9. The molecule has 0 saturated carbocycles. The summed E-state index contributed by atoms with van der Waals surface area (Å²) in [6, 6.07) is 3.15. The van der Waals surface area contributed by atoms with E-state index in [0.717, 1.165) is 16.8 Å². The summed E-state index contributed by atoms with van der Waals surface area (Å²) >= 11 is 5.93. The quantitative estimate of drug-likeness (QED) is 0.897. The van der Waals surface area contributed by atoms with E-state index < -0.39 is 6.04 Å². The molecule has 0 aliphatic carbocycles. The van der Waals surface area contributed by atoms with Crippen molar-refractivity contribution >= 4 is 35.6 Å². The highest BCUT2D eigenvalue weighted by molar-refractivity contribution is 6.30. The Hall–Kier alpha value is -0.770. The van der Waals surface area contributed by atoms with Gasteiger partial charge in [0, 0.05) is 10.7 Å². The minimum atomic E-state index is -0.496. The Bertz CT molecular complexity index is 410. The fraction of sp³-hybridized carbons (Fsp3) is 0.462. The molecule has 0 heterocycles. The van der Waals surface area contributed by atoms with Crippen LogP contribution in [0.3, 0.4) is 0 Å². The number of anilines is 1. The number of nitrogens with two attached hydrogens (primary N) is 1. The molecule has 0 fully saturated rings. The Kier molecular flexibility index (Phi) is 6.68.